The topological polar surface area (TPSA) is 38.3 Å². The molecule has 0 aromatic heterocycles. The van der Waals surface area contributed by atoms with Gasteiger partial charge < -0.3 is 10.1 Å². The molecule has 0 bridgehead atoms. The van der Waals surface area contributed by atoms with Gasteiger partial charge in [0, 0.05) is 21.2 Å². The van der Waals surface area contributed by atoms with Crippen molar-refractivity contribution < 1.29 is 9.53 Å². The molecule has 0 spiro atoms. The summed E-state index contributed by atoms with van der Waals surface area (Å²) in [4.78, 5) is 12.8. The molecule has 0 radical (unpaired) electrons. The second-order valence-corrected chi connectivity index (χ2v) is 7.03. The number of ether oxygens (including phenoxy) is 1. The zero-order valence-electron chi connectivity index (χ0n) is 14.8. The van der Waals surface area contributed by atoms with Crippen molar-refractivity contribution in [2.75, 3.05) is 0 Å². The monoisotopic (exact) mass is 399 g/mol. The van der Waals surface area contributed by atoms with E-state index in [0.29, 0.717) is 21.4 Å². The minimum absolute atomic E-state index is 0.126. The van der Waals surface area contributed by atoms with E-state index in [1.165, 1.54) is 0 Å². The number of hydrogen-bond acceptors (Lipinski definition) is 2. The van der Waals surface area contributed by atoms with E-state index < -0.39 is 0 Å². The summed E-state index contributed by atoms with van der Waals surface area (Å²) in [6.07, 6.45) is 0. The molecule has 0 heterocycles. The summed E-state index contributed by atoms with van der Waals surface area (Å²) in [5.41, 5.74) is 2.27. The van der Waals surface area contributed by atoms with Crippen molar-refractivity contribution in [3.05, 3.63) is 99.5 Å². The van der Waals surface area contributed by atoms with Crippen molar-refractivity contribution in [2.24, 2.45) is 0 Å². The summed E-state index contributed by atoms with van der Waals surface area (Å²) in [7, 11) is 0. The van der Waals surface area contributed by atoms with Gasteiger partial charge in [-0.2, -0.15) is 0 Å². The third-order valence-electron chi connectivity index (χ3n) is 4.15. The van der Waals surface area contributed by atoms with Crippen LogP contribution < -0.4 is 10.1 Å². The van der Waals surface area contributed by atoms with Crippen LogP contribution >= 0.6 is 23.2 Å². The summed E-state index contributed by atoms with van der Waals surface area (Å²) in [6.45, 7) is 2.18. The predicted molar refractivity (Wildman–Crippen MR) is 110 cm³/mol. The first kappa shape index (κ1) is 19.3. The van der Waals surface area contributed by atoms with Crippen LogP contribution in [-0.2, 0) is 6.61 Å². The standard InChI is InChI=1S/C22H19Cl2NO2/c1-15(16-6-3-2-4-7-16)25-22(26)21-13-19(24)11-10-17(21)14-27-20-9-5-8-18(23)12-20/h2-13,15H,14H2,1H3,(H,25,26)/t15-/m0/s1. The van der Waals surface area contributed by atoms with Crippen LogP contribution in [0.4, 0.5) is 0 Å². The van der Waals surface area contributed by atoms with E-state index in [-0.39, 0.29) is 18.6 Å². The Bertz CT molecular complexity index is 929. The summed E-state index contributed by atoms with van der Waals surface area (Å²) >= 11 is 12.1. The van der Waals surface area contributed by atoms with E-state index >= 15 is 0 Å². The Morgan fingerprint density at radius 3 is 2.44 bits per heavy atom. The SMILES string of the molecule is C[C@H](NC(=O)c1cc(Cl)ccc1COc1cccc(Cl)c1)c1ccccc1. The fourth-order valence-corrected chi connectivity index (χ4v) is 3.06. The fraction of sp³-hybridized carbons (Fsp3) is 0.136. The number of nitrogens with one attached hydrogen (secondary N) is 1. The largest absolute Gasteiger partial charge is 0.489 e. The number of carbonyl (C=O) groups excluding carboxylic acids is 1. The average Bonchev–Trinajstić information content (AvgIpc) is 2.67. The van der Waals surface area contributed by atoms with E-state index in [1.807, 2.05) is 49.4 Å². The number of benzene rings is 3. The maximum absolute atomic E-state index is 12.8. The second kappa shape index (κ2) is 8.94. The molecule has 3 aromatic rings. The Morgan fingerprint density at radius 1 is 0.963 bits per heavy atom. The highest BCUT2D eigenvalue weighted by Gasteiger charge is 2.16. The lowest BCUT2D eigenvalue weighted by molar-refractivity contribution is 0.0937. The molecule has 1 amide bonds. The fourth-order valence-electron chi connectivity index (χ4n) is 2.70. The summed E-state index contributed by atoms with van der Waals surface area (Å²) in [5.74, 6) is 0.444. The molecule has 27 heavy (non-hydrogen) atoms. The maximum atomic E-state index is 12.8. The molecule has 0 unspecified atom stereocenters. The highest BCUT2D eigenvalue weighted by atomic mass is 35.5. The third kappa shape index (κ3) is 5.25. The summed E-state index contributed by atoms with van der Waals surface area (Å²) in [6, 6.07) is 22.0. The van der Waals surface area contributed by atoms with Crippen molar-refractivity contribution in [3.63, 3.8) is 0 Å². The first-order valence-corrected chi connectivity index (χ1v) is 9.31. The van der Waals surface area contributed by atoms with Gasteiger partial charge >= 0.3 is 0 Å². The van der Waals surface area contributed by atoms with Crippen LogP contribution in [0, 0.1) is 0 Å². The van der Waals surface area contributed by atoms with Crippen LogP contribution in [0.3, 0.4) is 0 Å². The lowest BCUT2D eigenvalue weighted by atomic mass is 10.1. The Balaban J connectivity index is 1.76. The van der Waals surface area contributed by atoms with Gasteiger partial charge in [0.15, 0.2) is 0 Å². The zero-order valence-corrected chi connectivity index (χ0v) is 16.3. The van der Waals surface area contributed by atoms with Crippen molar-refractivity contribution in [1.29, 1.82) is 0 Å². The van der Waals surface area contributed by atoms with Gasteiger partial charge in [0.2, 0.25) is 0 Å². The molecule has 3 nitrogen and oxygen atoms in total. The van der Waals surface area contributed by atoms with Crippen LogP contribution in [-0.4, -0.2) is 5.91 Å². The number of halogens is 2. The van der Waals surface area contributed by atoms with Crippen LogP contribution in [0.15, 0.2) is 72.8 Å². The first-order chi connectivity index (χ1) is 13.0. The highest BCUT2D eigenvalue weighted by molar-refractivity contribution is 6.31. The zero-order chi connectivity index (χ0) is 19.2. The van der Waals surface area contributed by atoms with E-state index in [2.05, 4.69) is 5.32 Å². The molecule has 0 saturated heterocycles. The van der Waals surface area contributed by atoms with Gasteiger partial charge in [-0.1, -0.05) is 65.7 Å². The van der Waals surface area contributed by atoms with Gasteiger partial charge in [0.05, 0.1) is 6.04 Å². The Kier molecular flexibility index (Phi) is 6.38. The Morgan fingerprint density at radius 2 is 1.70 bits per heavy atom. The number of amides is 1. The number of hydrogen-bond donors (Lipinski definition) is 1. The lowest BCUT2D eigenvalue weighted by Gasteiger charge is -2.17. The average molecular weight is 400 g/mol. The molecule has 0 aliphatic heterocycles. The van der Waals surface area contributed by atoms with Crippen molar-refractivity contribution in [3.8, 4) is 5.75 Å². The summed E-state index contributed by atoms with van der Waals surface area (Å²) < 4.78 is 5.79. The van der Waals surface area contributed by atoms with Gasteiger partial charge in [0.25, 0.3) is 5.91 Å². The first-order valence-electron chi connectivity index (χ1n) is 8.55. The van der Waals surface area contributed by atoms with Gasteiger partial charge in [-0.05, 0) is 42.8 Å². The van der Waals surface area contributed by atoms with Crippen molar-refractivity contribution in [2.45, 2.75) is 19.6 Å². The molecule has 0 saturated carbocycles. The Hall–Kier alpha value is -2.49. The molecule has 3 aromatic carbocycles. The maximum Gasteiger partial charge on any atom is 0.252 e. The Labute approximate surface area is 168 Å². The van der Waals surface area contributed by atoms with E-state index in [4.69, 9.17) is 27.9 Å². The van der Waals surface area contributed by atoms with Gasteiger partial charge in [-0.15, -0.1) is 0 Å². The van der Waals surface area contributed by atoms with Gasteiger partial charge in [0.1, 0.15) is 12.4 Å². The third-order valence-corrected chi connectivity index (χ3v) is 4.62. The molecule has 0 fully saturated rings. The van der Waals surface area contributed by atoms with Crippen LogP contribution in [0.2, 0.25) is 10.0 Å². The molecular formula is C22H19Cl2NO2. The van der Waals surface area contributed by atoms with Crippen LogP contribution in [0.5, 0.6) is 5.75 Å². The molecule has 1 N–H and O–H groups in total. The van der Waals surface area contributed by atoms with E-state index in [9.17, 15) is 4.79 Å². The summed E-state index contributed by atoms with van der Waals surface area (Å²) in [5, 5.41) is 4.11. The van der Waals surface area contributed by atoms with Crippen LogP contribution in [0.25, 0.3) is 0 Å². The van der Waals surface area contributed by atoms with E-state index in [0.717, 1.165) is 11.1 Å². The molecule has 0 aliphatic rings. The van der Waals surface area contributed by atoms with Crippen molar-refractivity contribution in [1.82, 2.24) is 5.32 Å². The molecule has 1 atom stereocenters. The normalized spacial score (nSPS) is 11.7. The van der Waals surface area contributed by atoms with Crippen LogP contribution in [0.1, 0.15) is 34.5 Å². The number of carbonyl (C=O) groups is 1. The molecule has 3 rings (SSSR count). The minimum atomic E-state index is -0.196. The lowest BCUT2D eigenvalue weighted by Crippen LogP contribution is -2.27. The van der Waals surface area contributed by atoms with Crippen molar-refractivity contribution >= 4 is 29.1 Å². The molecule has 0 aliphatic carbocycles. The molecular weight excluding hydrogens is 381 g/mol. The van der Waals surface area contributed by atoms with Gasteiger partial charge in [-0.25, -0.2) is 0 Å². The predicted octanol–water partition coefficient (Wildman–Crippen LogP) is 6.06. The minimum Gasteiger partial charge on any atom is -0.489 e. The second-order valence-electron chi connectivity index (χ2n) is 6.15. The molecule has 138 valence electrons. The highest BCUT2D eigenvalue weighted by Crippen LogP contribution is 2.22. The smallest absolute Gasteiger partial charge is 0.252 e. The van der Waals surface area contributed by atoms with Gasteiger partial charge in [-0.3, -0.25) is 4.79 Å². The number of rotatable bonds is 6. The van der Waals surface area contributed by atoms with E-state index in [1.54, 1.807) is 30.3 Å². The molecule has 5 heteroatoms. The quantitative estimate of drug-likeness (QED) is 0.546.